The Morgan fingerprint density at radius 1 is 1.50 bits per heavy atom. The molecule has 4 nitrogen and oxygen atoms in total. The topological polar surface area (TPSA) is 64.4 Å². The van der Waals surface area contributed by atoms with Gasteiger partial charge in [-0.25, -0.2) is 0 Å². The Balaban J connectivity index is 1.75. The number of amides is 1. The van der Waals surface area contributed by atoms with Crippen molar-refractivity contribution in [2.24, 2.45) is 5.73 Å². The summed E-state index contributed by atoms with van der Waals surface area (Å²) in [5.41, 5.74) is 6.94. The number of ether oxygens (including phenoxy) is 1. The van der Waals surface area contributed by atoms with Crippen LogP contribution in [0.4, 0.5) is 0 Å². The third-order valence-electron chi connectivity index (χ3n) is 3.72. The van der Waals surface area contributed by atoms with E-state index in [4.69, 9.17) is 22.1 Å². The average molecular weight is 337 g/mol. The van der Waals surface area contributed by atoms with Crippen LogP contribution in [0.15, 0.2) is 29.6 Å². The van der Waals surface area contributed by atoms with Gasteiger partial charge in [-0.1, -0.05) is 23.7 Å². The zero-order valence-corrected chi connectivity index (χ0v) is 13.5. The van der Waals surface area contributed by atoms with Crippen LogP contribution in [-0.2, 0) is 6.54 Å². The smallest absolute Gasteiger partial charge is 0.249 e. The van der Waals surface area contributed by atoms with Gasteiger partial charge in [-0.15, -0.1) is 11.3 Å². The molecule has 0 fully saturated rings. The molecule has 3 rings (SSSR count). The van der Waals surface area contributed by atoms with E-state index in [-0.39, 0.29) is 11.9 Å². The summed E-state index contributed by atoms with van der Waals surface area (Å²) in [6, 6.07) is 7.87. The molecule has 0 spiro atoms. The summed E-state index contributed by atoms with van der Waals surface area (Å²) in [7, 11) is 0. The third-order valence-corrected chi connectivity index (χ3v) is 4.95. The minimum absolute atomic E-state index is 0.190. The fourth-order valence-corrected chi connectivity index (χ4v) is 3.67. The van der Waals surface area contributed by atoms with Crippen molar-refractivity contribution in [1.29, 1.82) is 0 Å². The number of nitrogens with one attached hydrogen (secondary N) is 1. The lowest BCUT2D eigenvalue weighted by Crippen LogP contribution is -2.20. The van der Waals surface area contributed by atoms with E-state index in [1.165, 1.54) is 11.3 Å². The van der Waals surface area contributed by atoms with Gasteiger partial charge in [-0.05, 0) is 25.0 Å². The van der Waals surface area contributed by atoms with E-state index in [0.29, 0.717) is 23.7 Å². The van der Waals surface area contributed by atoms with E-state index in [1.54, 1.807) is 5.38 Å². The second-order valence-electron chi connectivity index (χ2n) is 5.25. The molecule has 0 radical (unpaired) electrons. The number of carbonyl (C=O) groups excluding carboxylic acids is 1. The van der Waals surface area contributed by atoms with Crippen molar-refractivity contribution in [2.45, 2.75) is 25.4 Å². The highest BCUT2D eigenvalue weighted by Crippen LogP contribution is 2.37. The molecule has 1 atom stereocenters. The molecule has 1 aliphatic heterocycles. The van der Waals surface area contributed by atoms with Gasteiger partial charge in [0.1, 0.15) is 5.75 Å². The summed E-state index contributed by atoms with van der Waals surface area (Å²) in [6.07, 6.45) is 1.96. The average Bonchev–Trinajstić information content (AvgIpc) is 2.87. The van der Waals surface area contributed by atoms with Gasteiger partial charge in [0.2, 0.25) is 5.91 Å². The lowest BCUT2D eigenvalue weighted by atomic mass is 10.0. The fourth-order valence-electron chi connectivity index (χ4n) is 2.61. The predicted octanol–water partition coefficient (Wildman–Crippen LogP) is 3.50. The fraction of sp³-hybridized carbons (Fsp3) is 0.312. The van der Waals surface area contributed by atoms with Crippen molar-refractivity contribution in [3.8, 4) is 5.75 Å². The van der Waals surface area contributed by atoms with Crippen LogP contribution < -0.4 is 15.8 Å². The van der Waals surface area contributed by atoms with Gasteiger partial charge >= 0.3 is 0 Å². The van der Waals surface area contributed by atoms with Crippen molar-refractivity contribution >= 4 is 28.8 Å². The minimum Gasteiger partial charge on any atom is -0.492 e. The maximum Gasteiger partial charge on any atom is 0.249 e. The number of halogens is 1. The molecule has 1 aromatic carbocycles. The molecular weight excluding hydrogens is 320 g/mol. The Kier molecular flexibility index (Phi) is 4.66. The summed E-state index contributed by atoms with van der Waals surface area (Å²) in [5.74, 6) is 0.394. The maximum absolute atomic E-state index is 11.1. The van der Waals surface area contributed by atoms with Gasteiger partial charge < -0.3 is 15.8 Å². The molecule has 0 bridgehead atoms. The first-order valence-electron chi connectivity index (χ1n) is 7.17. The molecule has 116 valence electrons. The first kappa shape index (κ1) is 15.3. The van der Waals surface area contributed by atoms with Crippen molar-refractivity contribution in [1.82, 2.24) is 5.32 Å². The van der Waals surface area contributed by atoms with Crippen LogP contribution in [0.1, 0.15) is 39.7 Å². The molecule has 6 heteroatoms. The SMILES string of the molecule is NC(=O)c1csc(CN[C@@H]2CCCOc3c(Cl)cccc32)c1. The van der Waals surface area contributed by atoms with Gasteiger partial charge in [0.15, 0.2) is 0 Å². The van der Waals surface area contributed by atoms with Crippen molar-refractivity contribution in [3.63, 3.8) is 0 Å². The van der Waals surface area contributed by atoms with Crippen LogP contribution in [0.2, 0.25) is 5.02 Å². The number of primary amides is 1. The van der Waals surface area contributed by atoms with Crippen LogP contribution in [-0.4, -0.2) is 12.5 Å². The van der Waals surface area contributed by atoms with E-state index in [9.17, 15) is 4.79 Å². The quantitative estimate of drug-likeness (QED) is 0.898. The van der Waals surface area contributed by atoms with Crippen molar-refractivity contribution < 1.29 is 9.53 Å². The van der Waals surface area contributed by atoms with Gasteiger partial charge in [0.25, 0.3) is 0 Å². The van der Waals surface area contributed by atoms with Gasteiger partial charge in [0, 0.05) is 28.4 Å². The summed E-state index contributed by atoms with van der Waals surface area (Å²) in [4.78, 5) is 12.2. The predicted molar refractivity (Wildman–Crippen MR) is 88.6 cm³/mol. The molecule has 2 aromatic rings. The molecule has 0 saturated carbocycles. The number of benzene rings is 1. The monoisotopic (exact) mass is 336 g/mol. The normalized spacial score (nSPS) is 17.4. The molecule has 3 N–H and O–H groups in total. The highest BCUT2D eigenvalue weighted by Gasteiger charge is 2.21. The lowest BCUT2D eigenvalue weighted by Gasteiger charge is -2.18. The Morgan fingerprint density at radius 2 is 2.36 bits per heavy atom. The number of hydrogen-bond acceptors (Lipinski definition) is 4. The van der Waals surface area contributed by atoms with Crippen LogP contribution in [0, 0.1) is 0 Å². The molecule has 0 aliphatic carbocycles. The van der Waals surface area contributed by atoms with Crippen LogP contribution in [0.25, 0.3) is 0 Å². The van der Waals surface area contributed by atoms with E-state index < -0.39 is 0 Å². The van der Waals surface area contributed by atoms with E-state index in [0.717, 1.165) is 29.0 Å². The largest absolute Gasteiger partial charge is 0.492 e. The Labute approximate surface area is 138 Å². The number of para-hydroxylation sites is 1. The molecule has 22 heavy (non-hydrogen) atoms. The Bertz CT molecular complexity index is 687. The first-order valence-corrected chi connectivity index (χ1v) is 8.42. The molecule has 0 saturated heterocycles. The van der Waals surface area contributed by atoms with Crippen LogP contribution in [0.3, 0.4) is 0 Å². The molecule has 1 amide bonds. The molecule has 2 heterocycles. The zero-order valence-electron chi connectivity index (χ0n) is 12.0. The summed E-state index contributed by atoms with van der Waals surface area (Å²) < 4.78 is 5.77. The van der Waals surface area contributed by atoms with Gasteiger partial charge in [0.05, 0.1) is 17.2 Å². The van der Waals surface area contributed by atoms with Gasteiger partial charge in [-0.2, -0.15) is 0 Å². The van der Waals surface area contributed by atoms with E-state index in [1.807, 2.05) is 24.3 Å². The van der Waals surface area contributed by atoms with Crippen molar-refractivity contribution in [2.75, 3.05) is 6.61 Å². The van der Waals surface area contributed by atoms with E-state index >= 15 is 0 Å². The highest BCUT2D eigenvalue weighted by molar-refractivity contribution is 7.10. The zero-order chi connectivity index (χ0) is 15.5. The molecule has 1 aromatic heterocycles. The van der Waals surface area contributed by atoms with Crippen LogP contribution in [0.5, 0.6) is 5.75 Å². The first-order chi connectivity index (χ1) is 10.6. The Hall–Kier alpha value is -1.56. The second-order valence-corrected chi connectivity index (χ2v) is 6.65. The number of fused-ring (bicyclic) bond motifs is 1. The molecule has 0 unspecified atom stereocenters. The minimum atomic E-state index is -0.387. The number of thiophene rings is 1. The summed E-state index contributed by atoms with van der Waals surface area (Å²) in [5, 5.41) is 5.98. The third kappa shape index (κ3) is 3.27. The van der Waals surface area contributed by atoms with E-state index in [2.05, 4.69) is 5.32 Å². The van der Waals surface area contributed by atoms with Gasteiger partial charge in [-0.3, -0.25) is 4.79 Å². The second kappa shape index (κ2) is 6.69. The summed E-state index contributed by atoms with van der Waals surface area (Å²) in [6.45, 7) is 1.37. The summed E-state index contributed by atoms with van der Waals surface area (Å²) >= 11 is 7.77. The molecule has 1 aliphatic rings. The number of nitrogens with two attached hydrogens (primary N) is 1. The number of rotatable bonds is 4. The van der Waals surface area contributed by atoms with Crippen LogP contribution >= 0.6 is 22.9 Å². The maximum atomic E-state index is 11.1. The lowest BCUT2D eigenvalue weighted by molar-refractivity contribution is 0.100. The highest BCUT2D eigenvalue weighted by atomic mass is 35.5. The standard InChI is InChI=1S/C16H17ClN2O2S/c17-13-4-1-3-12-14(5-2-6-21-15(12)13)19-8-11-7-10(9-22-11)16(18)20/h1,3-4,7,9,14,19H,2,5-6,8H2,(H2,18,20)/t14-/m1/s1. The number of hydrogen-bond donors (Lipinski definition) is 2. The van der Waals surface area contributed by atoms with Crippen molar-refractivity contribution in [3.05, 3.63) is 50.7 Å². The number of carbonyl (C=O) groups is 1. The molecular formula is C16H17ClN2O2S. The Morgan fingerprint density at radius 3 is 3.14 bits per heavy atom.